The van der Waals surface area contributed by atoms with Crippen LogP contribution >= 0.6 is 0 Å². The first-order valence-electron chi connectivity index (χ1n) is 7.37. The number of benzene rings is 2. The van der Waals surface area contributed by atoms with Gasteiger partial charge < -0.3 is 15.4 Å². The molecule has 0 fully saturated rings. The summed E-state index contributed by atoms with van der Waals surface area (Å²) in [7, 11) is 0. The van der Waals surface area contributed by atoms with Gasteiger partial charge in [-0.05, 0) is 29.3 Å². The van der Waals surface area contributed by atoms with Crippen LogP contribution in [0.25, 0.3) is 10.9 Å². The number of carbonyl (C=O) groups is 1. The predicted molar refractivity (Wildman–Crippen MR) is 86.2 cm³/mol. The van der Waals surface area contributed by atoms with Gasteiger partial charge in [0.25, 0.3) is 0 Å². The van der Waals surface area contributed by atoms with E-state index in [1.165, 1.54) is 6.07 Å². The van der Waals surface area contributed by atoms with Crippen LogP contribution in [-0.2, 0) is 24.4 Å². The first-order valence-corrected chi connectivity index (χ1v) is 7.37. The number of aliphatic hydroxyl groups excluding tert-OH is 1. The highest BCUT2D eigenvalue weighted by Gasteiger charge is 2.09. The number of H-pyrrole nitrogens is 1. The Morgan fingerprint density at radius 1 is 1.17 bits per heavy atom. The number of nitrogens with one attached hydrogen (secondary N) is 2. The Labute approximate surface area is 133 Å². The smallest absolute Gasteiger partial charge is 0.224 e. The second-order valence-electron chi connectivity index (χ2n) is 5.40. The summed E-state index contributed by atoms with van der Waals surface area (Å²) in [6.45, 7) is -0.0581. The zero-order chi connectivity index (χ0) is 16.2. The van der Waals surface area contributed by atoms with E-state index in [0.717, 1.165) is 22.0 Å². The van der Waals surface area contributed by atoms with Gasteiger partial charge in [-0.15, -0.1) is 0 Å². The molecule has 1 aromatic heterocycles. The molecule has 0 saturated heterocycles. The Kier molecular flexibility index (Phi) is 4.39. The third kappa shape index (κ3) is 3.40. The fourth-order valence-corrected chi connectivity index (χ4v) is 2.57. The predicted octanol–water partition coefficient (Wildman–Crippen LogP) is 2.66. The Hall–Kier alpha value is -2.66. The van der Waals surface area contributed by atoms with Crippen molar-refractivity contribution in [3.8, 4) is 0 Å². The van der Waals surface area contributed by atoms with E-state index < -0.39 is 5.82 Å². The molecule has 0 bridgehead atoms. The molecule has 1 heterocycles. The minimum absolute atomic E-state index is 0.107. The van der Waals surface area contributed by atoms with E-state index in [9.17, 15) is 9.18 Å². The van der Waals surface area contributed by atoms with E-state index in [0.29, 0.717) is 6.54 Å². The van der Waals surface area contributed by atoms with Crippen LogP contribution in [-0.4, -0.2) is 16.0 Å². The third-order valence-electron chi connectivity index (χ3n) is 3.80. The standard InChI is InChI=1S/C18H17FN2O2/c19-16-6-5-12(7-14(16)11-22)9-21-18(23)8-13-10-20-17-4-2-1-3-15(13)17/h1-7,10,20,22H,8-9,11H2,(H,21,23). The summed E-state index contributed by atoms with van der Waals surface area (Å²) in [4.78, 5) is 15.2. The number of rotatable bonds is 5. The molecule has 0 unspecified atom stereocenters. The Balaban J connectivity index is 1.64. The number of aromatic amines is 1. The highest BCUT2D eigenvalue weighted by molar-refractivity contribution is 5.88. The van der Waals surface area contributed by atoms with E-state index in [1.54, 1.807) is 12.1 Å². The van der Waals surface area contributed by atoms with Crippen molar-refractivity contribution in [2.24, 2.45) is 0 Å². The number of fused-ring (bicyclic) bond motifs is 1. The first kappa shape index (κ1) is 15.2. The Bertz CT molecular complexity index is 842. The molecule has 3 N–H and O–H groups in total. The Morgan fingerprint density at radius 2 is 2.00 bits per heavy atom. The summed E-state index contributed by atoms with van der Waals surface area (Å²) in [6, 6.07) is 12.3. The fourth-order valence-electron chi connectivity index (χ4n) is 2.57. The molecule has 0 saturated carbocycles. The lowest BCUT2D eigenvalue weighted by Crippen LogP contribution is -2.24. The molecule has 118 valence electrons. The molecule has 0 radical (unpaired) electrons. The van der Waals surface area contributed by atoms with Crippen LogP contribution in [0, 0.1) is 5.82 Å². The average Bonchev–Trinajstić information content (AvgIpc) is 2.97. The Morgan fingerprint density at radius 3 is 2.83 bits per heavy atom. The molecular weight excluding hydrogens is 295 g/mol. The van der Waals surface area contributed by atoms with Gasteiger partial charge in [0, 0.05) is 29.2 Å². The van der Waals surface area contributed by atoms with Crippen molar-refractivity contribution in [3.63, 3.8) is 0 Å². The minimum Gasteiger partial charge on any atom is -0.392 e. The lowest BCUT2D eigenvalue weighted by molar-refractivity contribution is -0.120. The van der Waals surface area contributed by atoms with Crippen molar-refractivity contribution >= 4 is 16.8 Å². The SMILES string of the molecule is O=C(Cc1c[nH]c2ccccc12)NCc1ccc(F)c(CO)c1. The van der Waals surface area contributed by atoms with Gasteiger partial charge in [0.1, 0.15) is 5.82 Å². The van der Waals surface area contributed by atoms with E-state index in [1.807, 2.05) is 30.5 Å². The zero-order valence-corrected chi connectivity index (χ0v) is 12.5. The number of halogens is 1. The number of aliphatic hydroxyl groups is 1. The molecule has 0 atom stereocenters. The molecule has 2 aromatic carbocycles. The van der Waals surface area contributed by atoms with E-state index in [2.05, 4.69) is 10.3 Å². The molecule has 0 aliphatic carbocycles. The van der Waals surface area contributed by atoms with Crippen LogP contribution in [0.1, 0.15) is 16.7 Å². The maximum Gasteiger partial charge on any atom is 0.224 e. The van der Waals surface area contributed by atoms with Crippen LogP contribution in [0.4, 0.5) is 4.39 Å². The lowest BCUT2D eigenvalue weighted by atomic mass is 10.1. The van der Waals surface area contributed by atoms with Crippen molar-refractivity contribution in [1.29, 1.82) is 0 Å². The second kappa shape index (κ2) is 6.62. The van der Waals surface area contributed by atoms with E-state index in [-0.39, 0.29) is 24.5 Å². The van der Waals surface area contributed by atoms with Gasteiger partial charge >= 0.3 is 0 Å². The van der Waals surface area contributed by atoms with Gasteiger partial charge in [0.2, 0.25) is 5.91 Å². The molecule has 3 rings (SSSR count). The monoisotopic (exact) mass is 312 g/mol. The maximum absolute atomic E-state index is 13.3. The summed E-state index contributed by atoms with van der Waals surface area (Å²) in [5.74, 6) is -0.550. The van der Waals surface area contributed by atoms with Gasteiger partial charge in [-0.25, -0.2) is 4.39 Å². The minimum atomic E-state index is -0.443. The molecule has 3 aromatic rings. The average molecular weight is 312 g/mol. The number of hydrogen-bond donors (Lipinski definition) is 3. The number of aromatic nitrogens is 1. The third-order valence-corrected chi connectivity index (χ3v) is 3.80. The molecule has 0 spiro atoms. The number of carbonyl (C=O) groups excluding carboxylic acids is 1. The van der Waals surface area contributed by atoms with Gasteiger partial charge in [-0.3, -0.25) is 4.79 Å². The zero-order valence-electron chi connectivity index (χ0n) is 12.5. The number of amides is 1. The number of hydrogen-bond acceptors (Lipinski definition) is 2. The molecule has 23 heavy (non-hydrogen) atoms. The van der Waals surface area contributed by atoms with Crippen molar-refractivity contribution < 1.29 is 14.3 Å². The molecule has 5 heteroatoms. The first-order chi connectivity index (χ1) is 11.2. The van der Waals surface area contributed by atoms with Crippen LogP contribution < -0.4 is 5.32 Å². The second-order valence-corrected chi connectivity index (χ2v) is 5.40. The summed E-state index contributed by atoms with van der Waals surface area (Å²) in [5.41, 5.74) is 2.92. The van der Waals surface area contributed by atoms with E-state index >= 15 is 0 Å². The van der Waals surface area contributed by atoms with Crippen LogP contribution in [0.3, 0.4) is 0 Å². The van der Waals surface area contributed by atoms with E-state index in [4.69, 9.17) is 5.11 Å². The lowest BCUT2D eigenvalue weighted by Gasteiger charge is -2.07. The van der Waals surface area contributed by atoms with Crippen molar-refractivity contribution in [2.75, 3.05) is 0 Å². The van der Waals surface area contributed by atoms with Gasteiger partial charge in [-0.2, -0.15) is 0 Å². The van der Waals surface area contributed by atoms with Gasteiger partial charge in [-0.1, -0.05) is 24.3 Å². The summed E-state index contributed by atoms with van der Waals surface area (Å²) < 4.78 is 13.3. The topological polar surface area (TPSA) is 65.1 Å². The normalized spacial score (nSPS) is 10.9. The van der Waals surface area contributed by atoms with Crippen LogP contribution in [0.5, 0.6) is 0 Å². The largest absolute Gasteiger partial charge is 0.392 e. The van der Waals surface area contributed by atoms with Crippen molar-refractivity contribution in [3.05, 3.63) is 71.2 Å². The summed E-state index contributed by atoms with van der Waals surface area (Å²) in [6.07, 6.45) is 2.12. The van der Waals surface area contributed by atoms with Gasteiger partial charge in [0.15, 0.2) is 0 Å². The van der Waals surface area contributed by atoms with Crippen LogP contribution in [0.2, 0.25) is 0 Å². The molecule has 0 aliphatic heterocycles. The van der Waals surface area contributed by atoms with Gasteiger partial charge in [0.05, 0.1) is 13.0 Å². The highest BCUT2D eigenvalue weighted by atomic mass is 19.1. The molecule has 4 nitrogen and oxygen atoms in total. The van der Waals surface area contributed by atoms with Crippen molar-refractivity contribution in [2.45, 2.75) is 19.6 Å². The fraction of sp³-hybridized carbons (Fsp3) is 0.167. The molecule has 0 aliphatic rings. The summed E-state index contributed by atoms with van der Waals surface area (Å²) >= 11 is 0. The number of para-hydroxylation sites is 1. The van der Waals surface area contributed by atoms with Crippen molar-refractivity contribution in [1.82, 2.24) is 10.3 Å². The summed E-state index contributed by atoms with van der Waals surface area (Å²) in [5, 5.41) is 12.9. The van der Waals surface area contributed by atoms with Crippen LogP contribution in [0.15, 0.2) is 48.7 Å². The highest BCUT2D eigenvalue weighted by Crippen LogP contribution is 2.18. The molecular formula is C18H17FN2O2. The molecule has 1 amide bonds. The quantitative estimate of drug-likeness (QED) is 0.678. The maximum atomic E-state index is 13.3.